The molecule has 2 fully saturated rings. The van der Waals surface area contributed by atoms with Crippen molar-refractivity contribution >= 4 is 5.91 Å². The Balaban J connectivity index is 1.73. The molecule has 0 radical (unpaired) electrons. The number of halogens is 3. The fraction of sp³-hybridized carbons (Fsp3) is 0.611. The number of benzene rings is 1. The molecule has 6 heteroatoms. The topological polar surface area (TPSA) is 32.3 Å². The minimum Gasteiger partial charge on any atom is -0.338 e. The lowest BCUT2D eigenvalue weighted by molar-refractivity contribution is -0.205. The van der Waals surface area contributed by atoms with Gasteiger partial charge in [0.05, 0.1) is 0 Å². The number of nitrogens with one attached hydrogen (secondary N) is 1. The van der Waals surface area contributed by atoms with Crippen LogP contribution in [0.3, 0.4) is 0 Å². The number of likely N-dealkylation sites (tertiary alicyclic amines) is 1. The summed E-state index contributed by atoms with van der Waals surface area (Å²) < 4.78 is 40.9. The smallest absolute Gasteiger partial charge is 0.338 e. The molecule has 132 valence electrons. The van der Waals surface area contributed by atoms with Crippen molar-refractivity contribution < 1.29 is 18.0 Å². The highest BCUT2D eigenvalue weighted by atomic mass is 19.4. The number of carbonyl (C=O) groups is 1. The lowest BCUT2D eigenvalue weighted by atomic mass is 9.86. The highest BCUT2D eigenvalue weighted by Crippen LogP contribution is 2.40. The first-order valence-electron chi connectivity index (χ1n) is 8.56. The van der Waals surface area contributed by atoms with Crippen LogP contribution in [-0.4, -0.2) is 42.2 Å². The molecule has 0 aromatic heterocycles. The average molecular weight is 340 g/mol. The summed E-state index contributed by atoms with van der Waals surface area (Å²) in [5, 5.41) is 2.31. The number of nitrogens with zero attached hydrogens (tertiary/aromatic N) is 1. The van der Waals surface area contributed by atoms with E-state index in [1.54, 1.807) is 12.1 Å². The average Bonchev–Trinajstić information content (AvgIpc) is 3.39. The molecule has 2 aliphatic rings. The van der Waals surface area contributed by atoms with Gasteiger partial charge in [0.2, 0.25) is 0 Å². The molecule has 0 unspecified atom stereocenters. The fourth-order valence-corrected chi connectivity index (χ4v) is 3.34. The zero-order valence-corrected chi connectivity index (χ0v) is 13.8. The van der Waals surface area contributed by atoms with Crippen LogP contribution in [-0.2, 0) is 0 Å². The number of hydrogen-bond donors (Lipinski definition) is 1. The largest absolute Gasteiger partial charge is 0.411 e. The Morgan fingerprint density at radius 2 is 1.79 bits per heavy atom. The molecule has 0 spiro atoms. The van der Waals surface area contributed by atoms with E-state index in [4.69, 9.17) is 0 Å². The standard InChI is InChI=1S/C18H23F3N2O/c1-2-23-11-9-17(10-12-23,18(19,20)21)22-16(24)15-7-5-14(6-8-15)13-3-4-13/h5-8,13H,2-4,9-12H2,1H3,(H,22,24). The van der Waals surface area contributed by atoms with Gasteiger partial charge in [-0.05, 0) is 55.8 Å². The second-order valence-corrected chi connectivity index (χ2v) is 6.86. The van der Waals surface area contributed by atoms with Gasteiger partial charge in [-0.15, -0.1) is 0 Å². The van der Waals surface area contributed by atoms with Crippen molar-refractivity contribution in [2.75, 3.05) is 19.6 Å². The molecule has 1 aromatic rings. The van der Waals surface area contributed by atoms with Gasteiger partial charge in [0.25, 0.3) is 5.91 Å². The number of alkyl halides is 3. The first kappa shape index (κ1) is 17.3. The van der Waals surface area contributed by atoms with Crippen LogP contribution >= 0.6 is 0 Å². The van der Waals surface area contributed by atoms with Gasteiger partial charge in [0, 0.05) is 18.7 Å². The maximum Gasteiger partial charge on any atom is 0.411 e. The molecule has 1 heterocycles. The summed E-state index contributed by atoms with van der Waals surface area (Å²) in [6.45, 7) is 3.35. The predicted molar refractivity (Wildman–Crippen MR) is 86.0 cm³/mol. The molecule has 0 bridgehead atoms. The summed E-state index contributed by atoms with van der Waals surface area (Å²) in [4.78, 5) is 14.4. The van der Waals surface area contributed by atoms with Crippen LogP contribution in [0.15, 0.2) is 24.3 Å². The number of piperidine rings is 1. The van der Waals surface area contributed by atoms with Crippen molar-refractivity contribution in [2.45, 2.75) is 50.2 Å². The number of rotatable bonds is 4. The van der Waals surface area contributed by atoms with Crippen LogP contribution in [0.2, 0.25) is 0 Å². The van der Waals surface area contributed by atoms with Gasteiger partial charge in [-0.1, -0.05) is 19.1 Å². The van der Waals surface area contributed by atoms with Crippen molar-refractivity contribution in [3.05, 3.63) is 35.4 Å². The minimum atomic E-state index is -4.45. The molecule has 0 atom stereocenters. The third-order valence-electron chi connectivity index (χ3n) is 5.27. The monoisotopic (exact) mass is 340 g/mol. The van der Waals surface area contributed by atoms with Gasteiger partial charge in [-0.25, -0.2) is 0 Å². The van der Waals surface area contributed by atoms with E-state index < -0.39 is 17.6 Å². The van der Waals surface area contributed by atoms with E-state index in [2.05, 4.69) is 5.32 Å². The van der Waals surface area contributed by atoms with E-state index in [9.17, 15) is 18.0 Å². The van der Waals surface area contributed by atoms with Crippen LogP contribution in [0.4, 0.5) is 13.2 Å². The van der Waals surface area contributed by atoms with Crippen LogP contribution in [0.1, 0.15) is 54.4 Å². The summed E-state index contributed by atoms with van der Waals surface area (Å²) >= 11 is 0. The fourth-order valence-electron chi connectivity index (χ4n) is 3.34. The van der Waals surface area contributed by atoms with Crippen molar-refractivity contribution in [1.29, 1.82) is 0 Å². The van der Waals surface area contributed by atoms with Crippen molar-refractivity contribution in [2.24, 2.45) is 0 Å². The lowest BCUT2D eigenvalue weighted by Gasteiger charge is -2.43. The quantitative estimate of drug-likeness (QED) is 0.906. The summed E-state index contributed by atoms with van der Waals surface area (Å²) in [7, 11) is 0. The maximum absolute atomic E-state index is 13.6. The molecule has 3 rings (SSSR count). The molecule has 1 N–H and O–H groups in total. The first-order valence-corrected chi connectivity index (χ1v) is 8.56. The Morgan fingerprint density at radius 3 is 2.25 bits per heavy atom. The predicted octanol–water partition coefficient (Wildman–Crippen LogP) is 3.71. The van der Waals surface area contributed by atoms with Crippen molar-refractivity contribution in [3.8, 4) is 0 Å². The zero-order valence-electron chi connectivity index (χ0n) is 13.8. The van der Waals surface area contributed by atoms with E-state index in [0.29, 0.717) is 24.6 Å². The SMILES string of the molecule is CCN1CCC(NC(=O)c2ccc(C3CC3)cc2)(C(F)(F)F)CC1. The molecule has 3 nitrogen and oxygen atoms in total. The molecule has 24 heavy (non-hydrogen) atoms. The third-order valence-corrected chi connectivity index (χ3v) is 5.27. The summed E-state index contributed by atoms with van der Waals surface area (Å²) in [5.74, 6) is -0.0818. The number of hydrogen-bond acceptors (Lipinski definition) is 2. The van der Waals surface area contributed by atoms with Gasteiger partial charge in [-0.3, -0.25) is 4.79 Å². The summed E-state index contributed by atoms with van der Waals surface area (Å²) in [6, 6.07) is 6.97. The third kappa shape index (κ3) is 3.43. The normalized spacial score (nSPS) is 21.5. The van der Waals surface area contributed by atoms with E-state index in [-0.39, 0.29) is 12.8 Å². The number of amides is 1. The van der Waals surface area contributed by atoms with Gasteiger partial charge in [-0.2, -0.15) is 13.2 Å². The Labute approximate surface area is 140 Å². The molecule has 1 aliphatic heterocycles. The molecular formula is C18H23F3N2O. The molecule has 1 amide bonds. The molecule has 1 saturated heterocycles. The summed E-state index contributed by atoms with van der Waals surface area (Å²) in [5.41, 5.74) is -0.667. The van der Waals surface area contributed by atoms with Crippen LogP contribution in [0.25, 0.3) is 0 Å². The van der Waals surface area contributed by atoms with Gasteiger partial charge < -0.3 is 10.2 Å². The van der Waals surface area contributed by atoms with Gasteiger partial charge in [0.15, 0.2) is 0 Å². The van der Waals surface area contributed by atoms with Crippen molar-refractivity contribution in [3.63, 3.8) is 0 Å². The van der Waals surface area contributed by atoms with E-state index >= 15 is 0 Å². The minimum absolute atomic E-state index is 0.101. The zero-order chi connectivity index (χ0) is 17.4. The summed E-state index contributed by atoms with van der Waals surface area (Å²) in [6.07, 6.45) is -2.35. The highest BCUT2D eigenvalue weighted by molar-refractivity contribution is 5.94. The van der Waals surface area contributed by atoms with Crippen LogP contribution in [0, 0.1) is 0 Å². The molecular weight excluding hydrogens is 317 g/mol. The van der Waals surface area contributed by atoms with Crippen LogP contribution in [0.5, 0.6) is 0 Å². The first-order chi connectivity index (χ1) is 11.3. The Hall–Kier alpha value is -1.56. The Bertz CT molecular complexity index is 585. The molecule has 1 aromatic carbocycles. The van der Waals surface area contributed by atoms with Gasteiger partial charge in [0.1, 0.15) is 5.54 Å². The van der Waals surface area contributed by atoms with E-state index in [0.717, 1.165) is 24.9 Å². The highest BCUT2D eigenvalue weighted by Gasteiger charge is 2.56. The van der Waals surface area contributed by atoms with E-state index in [1.165, 1.54) is 0 Å². The van der Waals surface area contributed by atoms with Crippen molar-refractivity contribution in [1.82, 2.24) is 10.2 Å². The maximum atomic E-state index is 13.6. The van der Waals surface area contributed by atoms with Gasteiger partial charge >= 0.3 is 6.18 Å². The second kappa shape index (κ2) is 6.39. The molecule has 1 saturated carbocycles. The number of carbonyl (C=O) groups excluding carboxylic acids is 1. The Morgan fingerprint density at radius 1 is 1.21 bits per heavy atom. The second-order valence-electron chi connectivity index (χ2n) is 6.86. The molecule has 1 aliphatic carbocycles. The lowest BCUT2D eigenvalue weighted by Crippen LogP contribution is -2.63. The Kier molecular flexibility index (Phi) is 4.60. The van der Waals surface area contributed by atoms with E-state index in [1.807, 2.05) is 24.0 Å². The van der Waals surface area contributed by atoms with Crippen LogP contribution < -0.4 is 5.32 Å².